The predicted molar refractivity (Wildman–Crippen MR) is 92.9 cm³/mol. The highest BCUT2D eigenvalue weighted by atomic mass is 19.3. The topological polar surface area (TPSA) is 40.7 Å². The van der Waals surface area contributed by atoms with Crippen LogP contribution in [0.3, 0.4) is 0 Å². The Morgan fingerprint density at radius 3 is 2.58 bits per heavy atom. The average Bonchev–Trinajstić information content (AvgIpc) is 3.01. The van der Waals surface area contributed by atoms with Gasteiger partial charge in [0.05, 0.1) is 5.52 Å². The first-order valence-corrected chi connectivity index (χ1v) is 7.62. The third-order valence-corrected chi connectivity index (χ3v) is 4.03. The van der Waals surface area contributed by atoms with Gasteiger partial charge in [0.15, 0.2) is 0 Å². The van der Waals surface area contributed by atoms with Gasteiger partial charge in [-0.05, 0) is 41.8 Å². The Balaban J connectivity index is 1.70. The zero-order valence-electron chi connectivity index (χ0n) is 13.0. The van der Waals surface area contributed by atoms with Crippen LogP contribution in [-0.4, -0.2) is 9.97 Å². The van der Waals surface area contributed by atoms with Gasteiger partial charge in [-0.15, -0.1) is 0 Å². The lowest BCUT2D eigenvalue weighted by molar-refractivity contribution is 0.0176. The lowest BCUT2D eigenvalue weighted by Crippen LogP contribution is -2.06. The van der Waals surface area contributed by atoms with Crippen LogP contribution in [0.1, 0.15) is 12.5 Å². The van der Waals surface area contributed by atoms with Gasteiger partial charge < -0.3 is 10.3 Å². The molecule has 0 aliphatic carbocycles. The third-order valence-electron chi connectivity index (χ3n) is 4.03. The fraction of sp³-hybridized carbons (Fsp3) is 0.105. The van der Waals surface area contributed by atoms with Crippen LogP contribution in [0.25, 0.3) is 21.8 Å². The quantitative estimate of drug-likeness (QED) is 0.517. The van der Waals surface area contributed by atoms with Crippen molar-refractivity contribution in [3.8, 4) is 0 Å². The van der Waals surface area contributed by atoms with Crippen molar-refractivity contribution >= 4 is 33.3 Å². The molecule has 0 aliphatic rings. The lowest BCUT2D eigenvalue weighted by atomic mass is 10.1. The van der Waals surface area contributed by atoms with E-state index in [4.69, 9.17) is 0 Å². The van der Waals surface area contributed by atoms with E-state index in [2.05, 4.69) is 15.3 Å². The van der Waals surface area contributed by atoms with Crippen molar-refractivity contribution in [2.24, 2.45) is 0 Å². The Labute approximate surface area is 137 Å². The Bertz CT molecular complexity index is 1030. The smallest absolute Gasteiger partial charge is 0.270 e. The van der Waals surface area contributed by atoms with Gasteiger partial charge in [0.1, 0.15) is 5.82 Å². The number of aromatic nitrogens is 2. The van der Waals surface area contributed by atoms with Gasteiger partial charge in [0.25, 0.3) is 5.92 Å². The number of aromatic amines is 1. The summed E-state index contributed by atoms with van der Waals surface area (Å²) in [6.45, 7) is 0.891. The Morgan fingerprint density at radius 2 is 1.75 bits per heavy atom. The van der Waals surface area contributed by atoms with Crippen LogP contribution in [0, 0.1) is 0 Å². The van der Waals surface area contributed by atoms with Gasteiger partial charge in [-0.3, -0.25) is 0 Å². The minimum atomic E-state index is -2.88. The number of anilines is 2. The number of rotatable bonds is 3. The summed E-state index contributed by atoms with van der Waals surface area (Å²) in [6, 6.07) is 16.2. The number of H-pyrrole nitrogens is 1. The van der Waals surface area contributed by atoms with Crippen molar-refractivity contribution in [1.82, 2.24) is 9.97 Å². The molecular formula is C19H15F2N3. The van der Waals surface area contributed by atoms with Crippen molar-refractivity contribution in [2.75, 3.05) is 5.32 Å². The summed E-state index contributed by atoms with van der Waals surface area (Å²) in [5, 5.41) is 5.17. The summed E-state index contributed by atoms with van der Waals surface area (Å²) in [6.07, 6.45) is 1.88. The number of nitrogens with zero attached hydrogens (tertiary/aromatic N) is 1. The Kier molecular flexibility index (Phi) is 3.23. The molecule has 3 nitrogen and oxygen atoms in total. The van der Waals surface area contributed by atoms with E-state index in [0.29, 0.717) is 11.3 Å². The molecule has 2 aromatic heterocycles. The minimum Gasteiger partial charge on any atom is -0.361 e. The Morgan fingerprint density at radius 1 is 0.958 bits per heavy atom. The second kappa shape index (κ2) is 5.30. The molecule has 5 heteroatoms. The highest BCUT2D eigenvalue weighted by molar-refractivity contribution is 5.85. The van der Waals surface area contributed by atoms with E-state index >= 15 is 0 Å². The maximum absolute atomic E-state index is 13.5. The van der Waals surface area contributed by atoms with Crippen molar-refractivity contribution in [2.45, 2.75) is 12.8 Å². The van der Waals surface area contributed by atoms with Gasteiger partial charge in [-0.2, -0.15) is 0 Å². The summed E-state index contributed by atoms with van der Waals surface area (Å²) < 4.78 is 27.0. The van der Waals surface area contributed by atoms with Gasteiger partial charge in [0.2, 0.25) is 0 Å². The summed E-state index contributed by atoms with van der Waals surface area (Å²) in [4.78, 5) is 7.61. The van der Waals surface area contributed by atoms with Crippen LogP contribution in [0.2, 0.25) is 0 Å². The highest BCUT2D eigenvalue weighted by Crippen LogP contribution is 2.30. The van der Waals surface area contributed by atoms with E-state index < -0.39 is 5.92 Å². The molecule has 0 bridgehead atoms. The molecule has 0 saturated heterocycles. The van der Waals surface area contributed by atoms with E-state index in [1.165, 1.54) is 12.1 Å². The number of halogens is 2. The molecule has 2 aromatic carbocycles. The Hall–Kier alpha value is -2.95. The van der Waals surface area contributed by atoms with Crippen LogP contribution < -0.4 is 5.32 Å². The number of hydrogen-bond donors (Lipinski definition) is 2. The largest absolute Gasteiger partial charge is 0.361 e. The molecular weight excluding hydrogens is 308 g/mol. The number of alkyl halides is 2. The third kappa shape index (κ3) is 2.69. The molecule has 120 valence electrons. The van der Waals surface area contributed by atoms with Crippen molar-refractivity contribution in [1.29, 1.82) is 0 Å². The van der Waals surface area contributed by atoms with Gasteiger partial charge in [-0.25, -0.2) is 13.8 Å². The second-order valence-corrected chi connectivity index (χ2v) is 5.90. The van der Waals surface area contributed by atoms with Crippen molar-refractivity contribution in [3.63, 3.8) is 0 Å². The zero-order valence-corrected chi connectivity index (χ0v) is 13.0. The van der Waals surface area contributed by atoms with E-state index in [1.54, 1.807) is 6.07 Å². The number of nitrogens with one attached hydrogen (secondary N) is 2. The van der Waals surface area contributed by atoms with Crippen LogP contribution in [0.5, 0.6) is 0 Å². The average molecular weight is 323 g/mol. The standard InChI is InChI=1S/C19H15F2N3/c1-19(20,21)14-5-2-12-4-7-18(24-17(12)10-14)23-15-6-3-13-8-9-22-16(13)11-15/h2-11,22H,1H3,(H,23,24). The molecule has 24 heavy (non-hydrogen) atoms. The van der Waals surface area contributed by atoms with Gasteiger partial charge in [-0.1, -0.05) is 18.2 Å². The molecule has 0 atom stereocenters. The number of fused-ring (bicyclic) bond motifs is 2. The molecule has 0 saturated carbocycles. The monoisotopic (exact) mass is 323 g/mol. The molecule has 0 fully saturated rings. The minimum absolute atomic E-state index is 0.0348. The van der Waals surface area contributed by atoms with Crippen molar-refractivity contribution < 1.29 is 8.78 Å². The van der Waals surface area contributed by atoms with E-state index in [9.17, 15) is 8.78 Å². The number of hydrogen-bond acceptors (Lipinski definition) is 2. The zero-order chi connectivity index (χ0) is 16.7. The lowest BCUT2D eigenvalue weighted by Gasteiger charge is -2.12. The fourth-order valence-electron chi connectivity index (χ4n) is 2.73. The second-order valence-electron chi connectivity index (χ2n) is 5.90. The summed E-state index contributed by atoms with van der Waals surface area (Å²) >= 11 is 0. The van der Waals surface area contributed by atoms with E-state index in [-0.39, 0.29) is 5.56 Å². The molecule has 0 radical (unpaired) electrons. The van der Waals surface area contributed by atoms with E-state index in [1.807, 2.05) is 42.6 Å². The number of benzene rings is 2. The van der Waals surface area contributed by atoms with Crippen LogP contribution in [-0.2, 0) is 5.92 Å². The highest BCUT2D eigenvalue weighted by Gasteiger charge is 2.24. The maximum atomic E-state index is 13.5. The van der Waals surface area contributed by atoms with Crippen molar-refractivity contribution in [3.05, 3.63) is 66.4 Å². The van der Waals surface area contributed by atoms with E-state index in [0.717, 1.165) is 28.9 Å². The predicted octanol–water partition coefficient (Wildman–Crippen LogP) is 5.57. The normalized spacial score (nSPS) is 12.0. The summed E-state index contributed by atoms with van der Waals surface area (Å²) in [7, 11) is 0. The fourth-order valence-corrected chi connectivity index (χ4v) is 2.73. The molecule has 2 heterocycles. The first-order chi connectivity index (χ1) is 11.5. The first kappa shape index (κ1) is 14.6. The molecule has 4 aromatic rings. The maximum Gasteiger partial charge on any atom is 0.270 e. The molecule has 0 spiro atoms. The van der Waals surface area contributed by atoms with Gasteiger partial charge in [0, 0.05) is 35.3 Å². The summed E-state index contributed by atoms with van der Waals surface area (Å²) in [5.41, 5.74) is 2.41. The number of pyridine rings is 1. The van der Waals surface area contributed by atoms with Crippen LogP contribution >= 0.6 is 0 Å². The molecule has 0 amide bonds. The van der Waals surface area contributed by atoms with Gasteiger partial charge >= 0.3 is 0 Å². The first-order valence-electron chi connectivity index (χ1n) is 7.62. The van der Waals surface area contributed by atoms with Crippen LogP contribution in [0.15, 0.2) is 60.8 Å². The van der Waals surface area contributed by atoms with Crippen LogP contribution in [0.4, 0.5) is 20.3 Å². The molecule has 0 aliphatic heterocycles. The molecule has 2 N–H and O–H groups in total. The molecule has 4 rings (SSSR count). The summed E-state index contributed by atoms with van der Waals surface area (Å²) in [5.74, 6) is -2.26. The SMILES string of the molecule is CC(F)(F)c1ccc2ccc(Nc3ccc4cc[nH]c4c3)nc2c1. The molecule has 0 unspecified atom stereocenters.